The average Bonchev–Trinajstić information content (AvgIpc) is 1.69. The topological polar surface area (TPSA) is 27.7 Å². The molecule has 0 N–H and O–H groups in total. The Hall–Kier alpha value is 1.33. The van der Waals surface area contributed by atoms with E-state index in [0.717, 1.165) is 0 Å². The molecule has 0 heterocycles. The molecule has 3 nitrogen and oxygen atoms in total. The fourth-order valence-corrected chi connectivity index (χ4v) is 17.5. The van der Waals surface area contributed by atoms with Crippen LogP contribution in [0.3, 0.4) is 0 Å². The van der Waals surface area contributed by atoms with E-state index in [0.29, 0.717) is 0 Å². The van der Waals surface area contributed by atoms with Crippen LogP contribution in [-0.2, 0) is 30.9 Å². The van der Waals surface area contributed by atoms with E-state index in [4.69, 9.17) is 12.3 Å². The van der Waals surface area contributed by atoms with Gasteiger partial charge in [0.2, 0.25) is 0 Å². The third kappa shape index (κ3) is 12.1. The van der Waals surface area contributed by atoms with Gasteiger partial charge in [0.05, 0.1) is 0 Å². The van der Waals surface area contributed by atoms with Crippen LogP contribution in [0, 0.1) is 0 Å². The summed E-state index contributed by atoms with van der Waals surface area (Å²) in [6.07, 6.45) is 0. The summed E-state index contributed by atoms with van der Waals surface area (Å²) in [5.74, 6) is 0. The van der Waals surface area contributed by atoms with Crippen molar-refractivity contribution in [1.82, 2.24) is 0 Å². The fraction of sp³-hybridized carbons (Fsp3) is 1.00. The summed E-state index contributed by atoms with van der Waals surface area (Å²) in [5.41, 5.74) is 0. The van der Waals surface area contributed by atoms with Crippen molar-refractivity contribution in [2.45, 2.75) is 58.9 Å². The number of hydrogen-bond acceptors (Lipinski definition) is 3. The smallest absolute Gasteiger partial charge is 0.312 e. The van der Waals surface area contributed by atoms with Gasteiger partial charge in [0.25, 0.3) is 0 Å². The molecular weight excluding hydrogens is 319 g/mol. The predicted molar refractivity (Wildman–Crippen MR) is 79.0 cm³/mol. The van der Waals surface area contributed by atoms with Crippen LogP contribution in [0.15, 0.2) is 0 Å². The maximum Gasteiger partial charge on any atom is 0.312 e. The normalized spacial score (nSPS) is 13.8. The summed E-state index contributed by atoms with van der Waals surface area (Å²) in [7, 11) is -6.24. The average molecular weight is 347 g/mol. The van der Waals surface area contributed by atoms with Crippen molar-refractivity contribution in [3.05, 3.63) is 0 Å². The molecule has 8 heteroatoms. The maximum atomic E-state index is 6.21. The summed E-state index contributed by atoms with van der Waals surface area (Å²) in [6.45, 7) is 19.4. The Bertz CT molecular complexity index is 229. The zero-order valence-corrected chi connectivity index (χ0v) is 18.1. The molecule has 102 valence electrons. The van der Waals surface area contributed by atoms with Crippen LogP contribution in [0.25, 0.3) is 0 Å². The molecule has 0 saturated carbocycles. The van der Waals surface area contributed by atoms with Gasteiger partial charge in [0, 0.05) is 18.6 Å². The van der Waals surface area contributed by atoms with Crippen molar-refractivity contribution in [2.24, 2.45) is 0 Å². The van der Waals surface area contributed by atoms with Gasteiger partial charge in [-0.15, -0.1) is 0 Å². The fourth-order valence-electron chi connectivity index (χ4n) is 1.86. The SMILES string of the molecule is C[Si](C)O[Si](C)(C)O[Si](C)(C)O[Si](C)(C)C.[V]. The predicted octanol–water partition coefficient (Wildman–Crippen LogP) is 3.52. The molecule has 0 spiro atoms. The van der Waals surface area contributed by atoms with E-state index in [-0.39, 0.29) is 18.6 Å². The molecule has 0 atom stereocenters. The van der Waals surface area contributed by atoms with Gasteiger partial charge in [-0.3, -0.25) is 0 Å². The molecule has 0 aromatic carbocycles. The molecule has 2 radical (unpaired) electrons. The quantitative estimate of drug-likeness (QED) is 0.689. The van der Waals surface area contributed by atoms with Gasteiger partial charge in [0.1, 0.15) is 0 Å². The minimum absolute atomic E-state index is 0. The molecule has 0 rings (SSSR count). The van der Waals surface area contributed by atoms with Crippen molar-refractivity contribution in [3.63, 3.8) is 0 Å². The van der Waals surface area contributed by atoms with Crippen LogP contribution in [0.5, 0.6) is 0 Å². The van der Waals surface area contributed by atoms with Crippen LogP contribution >= 0.6 is 0 Å². The third-order valence-electron chi connectivity index (χ3n) is 1.49. The summed E-state index contributed by atoms with van der Waals surface area (Å²) < 4.78 is 18.3. The van der Waals surface area contributed by atoms with Gasteiger partial charge in [-0.05, 0) is 58.9 Å². The van der Waals surface area contributed by atoms with E-state index < -0.39 is 34.5 Å². The molecule has 0 aromatic heterocycles. The van der Waals surface area contributed by atoms with Crippen molar-refractivity contribution < 1.29 is 30.9 Å². The molecular formula is C9H27O3Si4V. The minimum atomic E-state index is -2.03. The van der Waals surface area contributed by atoms with Crippen LogP contribution in [0.4, 0.5) is 0 Å². The van der Waals surface area contributed by atoms with E-state index in [1.165, 1.54) is 0 Å². The number of rotatable bonds is 6. The van der Waals surface area contributed by atoms with Gasteiger partial charge in [-0.1, -0.05) is 0 Å². The van der Waals surface area contributed by atoms with Gasteiger partial charge >= 0.3 is 17.1 Å². The Labute approximate surface area is 124 Å². The summed E-state index contributed by atoms with van der Waals surface area (Å²) >= 11 is 0. The van der Waals surface area contributed by atoms with E-state index >= 15 is 0 Å². The van der Waals surface area contributed by atoms with Crippen LogP contribution in [0.1, 0.15) is 0 Å². The van der Waals surface area contributed by atoms with Crippen LogP contribution in [0.2, 0.25) is 58.9 Å². The van der Waals surface area contributed by atoms with Gasteiger partial charge in [-0.2, -0.15) is 0 Å². The first-order valence-electron chi connectivity index (χ1n) is 5.72. The van der Waals surface area contributed by atoms with Crippen LogP contribution < -0.4 is 0 Å². The molecule has 0 saturated heterocycles. The Morgan fingerprint density at radius 3 is 1.41 bits per heavy atom. The van der Waals surface area contributed by atoms with Gasteiger partial charge in [-0.25, -0.2) is 0 Å². The van der Waals surface area contributed by atoms with E-state index in [9.17, 15) is 0 Å². The second-order valence-corrected chi connectivity index (χ2v) is 20.2. The second-order valence-electron chi connectivity index (χ2n) is 6.13. The van der Waals surface area contributed by atoms with E-state index in [2.05, 4.69) is 58.9 Å². The maximum absolute atomic E-state index is 6.21. The van der Waals surface area contributed by atoms with Gasteiger partial charge < -0.3 is 12.3 Å². The molecule has 0 unspecified atom stereocenters. The molecule has 0 aliphatic carbocycles. The van der Waals surface area contributed by atoms with E-state index in [1.54, 1.807) is 0 Å². The first kappa shape index (κ1) is 20.6. The Morgan fingerprint density at radius 1 is 0.706 bits per heavy atom. The summed E-state index contributed by atoms with van der Waals surface area (Å²) in [5, 5.41) is 0. The first-order valence-corrected chi connectivity index (χ1v) is 17.2. The summed E-state index contributed by atoms with van der Waals surface area (Å²) in [4.78, 5) is 0. The Kier molecular flexibility index (Phi) is 8.75. The van der Waals surface area contributed by atoms with Crippen molar-refractivity contribution in [2.75, 3.05) is 0 Å². The summed E-state index contributed by atoms with van der Waals surface area (Å²) in [6, 6.07) is 0. The minimum Gasteiger partial charge on any atom is -0.437 e. The molecule has 0 amide bonds. The zero-order valence-electron chi connectivity index (χ0n) is 12.7. The standard InChI is InChI=1S/C9H27O3Si4.V/c1-13(2)10-15(6,7)12-16(8,9)11-14(3,4)5;/h1-9H3;. The Balaban J connectivity index is 0. The second kappa shape index (κ2) is 7.20. The van der Waals surface area contributed by atoms with Crippen molar-refractivity contribution >= 4 is 34.5 Å². The third-order valence-corrected chi connectivity index (χ3v) is 13.4. The Morgan fingerprint density at radius 2 is 1.12 bits per heavy atom. The molecule has 0 bridgehead atoms. The number of hydrogen-bond donors (Lipinski definition) is 0. The first-order chi connectivity index (χ1) is 6.83. The molecule has 0 aliphatic rings. The molecule has 0 fully saturated rings. The molecule has 0 aromatic rings. The molecule has 0 aliphatic heterocycles. The van der Waals surface area contributed by atoms with Crippen LogP contribution in [-0.4, -0.2) is 34.5 Å². The van der Waals surface area contributed by atoms with Gasteiger partial charge in [0.15, 0.2) is 17.4 Å². The molecule has 17 heavy (non-hydrogen) atoms. The van der Waals surface area contributed by atoms with Crippen molar-refractivity contribution in [3.8, 4) is 0 Å². The monoisotopic (exact) mass is 346 g/mol. The van der Waals surface area contributed by atoms with E-state index in [1.807, 2.05) is 0 Å². The largest absolute Gasteiger partial charge is 0.437 e. The zero-order chi connectivity index (χ0) is 13.2. The van der Waals surface area contributed by atoms with Crippen molar-refractivity contribution in [1.29, 1.82) is 0 Å².